The number of pyridine rings is 1. The van der Waals surface area contributed by atoms with E-state index in [-0.39, 0.29) is 0 Å². The van der Waals surface area contributed by atoms with Gasteiger partial charge in [-0.15, -0.1) is 0 Å². The zero-order valence-corrected chi connectivity index (χ0v) is 4.82. The summed E-state index contributed by atoms with van der Waals surface area (Å²) in [6.45, 7) is 0. The lowest BCUT2D eigenvalue weighted by Gasteiger charge is -1.93. The molecule has 3 nitrogen and oxygen atoms in total. The Labute approximate surface area is 54.5 Å². The molecule has 5 heteroatoms. The minimum Gasteiger partial charge on any atom is -0.394 e. The maximum Gasteiger partial charge on any atom is 0.286 e. The van der Waals surface area contributed by atoms with Crippen molar-refractivity contribution in [3.63, 3.8) is 0 Å². The maximum absolute atomic E-state index is 12.3. The monoisotopic (exact) mass is 146 g/mol. The largest absolute Gasteiger partial charge is 0.394 e. The molecular formula is C5H4F2N2O. The number of nitrogen functional groups attached to an aromatic ring is 1. The van der Waals surface area contributed by atoms with Crippen molar-refractivity contribution in [1.29, 1.82) is 0 Å². The summed E-state index contributed by atoms with van der Waals surface area (Å²) in [6, 6.07) is 0. The standard InChI is InChI=1S/C5H4F2N2O/c6-2-1-9-5(10)3(7)4(2)8/h1H,(H3,8,9,10). The van der Waals surface area contributed by atoms with Crippen molar-refractivity contribution in [3.8, 4) is 0 Å². The fraction of sp³-hybridized carbons (Fsp3) is 0. The molecule has 0 radical (unpaired) electrons. The van der Waals surface area contributed by atoms with Crippen LogP contribution in [0.1, 0.15) is 0 Å². The Morgan fingerprint density at radius 1 is 1.50 bits per heavy atom. The highest BCUT2D eigenvalue weighted by atomic mass is 19.1. The van der Waals surface area contributed by atoms with Gasteiger partial charge in [0.1, 0.15) is 5.69 Å². The molecule has 1 rings (SSSR count). The molecule has 10 heavy (non-hydrogen) atoms. The van der Waals surface area contributed by atoms with E-state index >= 15 is 0 Å². The van der Waals surface area contributed by atoms with E-state index in [2.05, 4.69) is 0 Å². The average Bonchev–Trinajstić information content (AvgIpc) is 1.93. The Kier molecular flexibility index (Phi) is 1.41. The van der Waals surface area contributed by atoms with E-state index in [4.69, 9.17) is 5.73 Å². The Balaban J connectivity index is 3.49. The number of H-pyrrole nitrogens is 1. The number of aromatic nitrogens is 1. The fourth-order valence-corrected chi connectivity index (χ4v) is 0.497. The number of nitrogens with one attached hydrogen (secondary N) is 1. The van der Waals surface area contributed by atoms with Gasteiger partial charge in [0.25, 0.3) is 5.56 Å². The molecule has 1 aromatic heterocycles. The van der Waals surface area contributed by atoms with E-state index in [0.717, 1.165) is 0 Å². The second kappa shape index (κ2) is 2.09. The molecule has 0 bridgehead atoms. The van der Waals surface area contributed by atoms with Crippen LogP contribution in [0.5, 0.6) is 0 Å². The highest BCUT2D eigenvalue weighted by Gasteiger charge is 2.07. The minimum absolute atomic E-state index is 0.709. The SMILES string of the molecule is Nc1c(F)c[nH]c(=O)c1F. The second-order valence-electron chi connectivity index (χ2n) is 1.69. The first-order valence-corrected chi connectivity index (χ1v) is 2.45. The van der Waals surface area contributed by atoms with E-state index in [1.807, 2.05) is 4.98 Å². The number of halogens is 2. The van der Waals surface area contributed by atoms with Crippen LogP contribution in [0.4, 0.5) is 14.5 Å². The molecule has 0 aliphatic rings. The maximum atomic E-state index is 12.3. The molecule has 1 heterocycles. The topological polar surface area (TPSA) is 58.9 Å². The van der Waals surface area contributed by atoms with Gasteiger partial charge in [0, 0.05) is 6.20 Å². The van der Waals surface area contributed by atoms with Gasteiger partial charge in [-0.3, -0.25) is 4.79 Å². The Hall–Kier alpha value is -1.39. The average molecular weight is 146 g/mol. The summed E-state index contributed by atoms with van der Waals surface area (Å²) in [4.78, 5) is 12.1. The summed E-state index contributed by atoms with van der Waals surface area (Å²) in [5.41, 5.74) is 3.05. The molecule has 3 N–H and O–H groups in total. The molecule has 0 aliphatic heterocycles. The van der Waals surface area contributed by atoms with Crippen LogP contribution in [0.15, 0.2) is 11.0 Å². The van der Waals surface area contributed by atoms with E-state index in [0.29, 0.717) is 6.20 Å². The van der Waals surface area contributed by atoms with Crippen LogP contribution in [-0.4, -0.2) is 4.98 Å². The highest BCUT2D eigenvalue weighted by Crippen LogP contribution is 2.07. The molecule has 0 saturated carbocycles. The third-order valence-corrected chi connectivity index (χ3v) is 1.02. The third kappa shape index (κ3) is 0.854. The van der Waals surface area contributed by atoms with Gasteiger partial charge < -0.3 is 10.7 Å². The van der Waals surface area contributed by atoms with E-state index in [1.54, 1.807) is 0 Å². The van der Waals surface area contributed by atoms with Gasteiger partial charge in [-0.2, -0.15) is 4.39 Å². The number of hydrogen-bond acceptors (Lipinski definition) is 2. The van der Waals surface area contributed by atoms with Crippen molar-refractivity contribution >= 4 is 5.69 Å². The van der Waals surface area contributed by atoms with Crippen molar-refractivity contribution < 1.29 is 8.78 Å². The van der Waals surface area contributed by atoms with Crippen LogP contribution in [0.3, 0.4) is 0 Å². The molecule has 0 fully saturated rings. The second-order valence-corrected chi connectivity index (χ2v) is 1.69. The smallest absolute Gasteiger partial charge is 0.286 e. The summed E-state index contributed by atoms with van der Waals surface area (Å²) >= 11 is 0. The lowest BCUT2D eigenvalue weighted by molar-refractivity contribution is 0.572. The van der Waals surface area contributed by atoms with E-state index in [1.165, 1.54) is 0 Å². The van der Waals surface area contributed by atoms with Crippen molar-refractivity contribution in [2.24, 2.45) is 0 Å². The molecule has 0 saturated heterocycles. The number of nitrogens with two attached hydrogens (primary N) is 1. The van der Waals surface area contributed by atoms with Gasteiger partial charge in [-0.25, -0.2) is 4.39 Å². The van der Waals surface area contributed by atoms with Gasteiger partial charge in [-0.05, 0) is 0 Å². The lowest BCUT2D eigenvalue weighted by atomic mass is 10.4. The van der Waals surface area contributed by atoms with Crippen LogP contribution in [0.25, 0.3) is 0 Å². The van der Waals surface area contributed by atoms with Gasteiger partial charge in [0.2, 0.25) is 5.82 Å². The van der Waals surface area contributed by atoms with Crippen LogP contribution >= 0.6 is 0 Å². The van der Waals surface area contributed by atoms with Crippen LogP contribution < -0.4 is 11.3 Å². The zero-order valence-electron chi connectivity index (χ0n) is 4.82. The van der Waals surface area contributed by atoms with Gasteiger partial charge in [0.05, 0.1) is 0 Å². The number of rotatable bonds is 0. The molecular weight excluding hydrogens is 142 g/mol. The minimum atomic E-state index is -1.28. The quantitative estimate of drug-likeness (QED) is 0.550. The summed E-state index contributed by atoms with van der Waals surface area (Å²) in [5.74, 6) is -2.24. The van der Waals surface area contributed by atoms with Crippen molar-refractivity contribution in [3.05, 3.63) is 28.2 Å². The Morgan fingerprint density at radius 3 is 2.60 bits per heavy atom. The predicted octanol–water partition coefficient (Wildman–Crippen LogP) is 0.235. The first-order valence-electron chi connectivity index (χ1n) is 2.45. The predicted molar refractivity (Wildman–Crippen MR) is 31.4 cm³/mol. The summed E-state index contributed by atoms with van der Waals surface area (Å²) in [7, 11) is 0. The normalized spacial score (nSPS) is 9.80. The van der Waals surface area contributed by atoms with Crippen molar-refractivity contribution in [2.45, 2.75) is 0 Å². The van der Waals surface area contributed by atoms with Crippen LogP contribution in [-0.2, 0) is 0 Å². The molecule has 1 aromatic rings. The molecule has 0 spiro atoms. The third-order valence-electron chi connectivity index (χ3n) is 1.02. The van der Waals surface area contributed by atoms with Crippen LogP contribution in [0, 0.1) is 11.6 Å². The number of hydrogen-bond donors (Lipinski definition) is 2. The van der Waals surface area contributed by atoms with Crippen LogP contribution in [0.2, 0.25) is 0 Å². The van der Waals surface area contributed by atoms with Crippen molar-refractivity contribution in [1.82, 2.24) is 4.98 Å². The molecule has 0 atom stereocenters. The first kappa shape index (κ1) is 6.73. The van der Waals surface area contributed by atoms with Gasteiger partial charge >= 0.3 is 0 Å². The van der Waals surface area contributed by atoms with Gasteiger partial charge in [-0.1, -0.05) is 0 Å². The first-order chi connectivity index (χ1) is 4.63. The molecule has 0 aliphatic carbocycles. The fourth-order valence-electron chi connectivity index (χ4n) is 0.497. The van der Waals surface area contributed by atoms with E-state index in [9.17, 15) is 13.6 Å². The highest BCUT2D eigenvalue weighted by molar-refractivity contribution is 5.37. The lowest BCUT2D eigenvalue weighted by Crippen LogP contribution is -2.14. The molecule has 0 unspecified atom stereocenters. The number of aromatic amines is 1. The van der Waals surface area contributed by atoms with Gasteiger partial charge in [0.15, 0.2) is 5.82 Å². The summed E-state index contributed by atoms with van der Waals surface area (Å²) in [6.07, 6.45) is 0.709. The van der Waals surface area contributed by atoms with E-state index < -0.39 is 22.9 Å². The van der Waals surface area contributed by atoms with Crippen molar-refractivity contribution in [2.75, 3.05) is 5.73 Å². The molecule has 0 aromatic carbocycles. The summed E-state index contributed by atoms with van der Waals surface area (Å²) in [5, 5.41) is 0. The molecule has 54 valence electrons. The molecule has 0 amide bonds. The Morgan fingerprint density at radius 2 is 2.10 bits per heavy atom. The number of anilines is 1. The zero-order chi connectivity index (χ0) is 7.72. The Bertz CT molecular complexity index is 307. The summed E-state index contributed by atoms with van der Waals surface area (Å²) < 4.78 is 24.5.